The molecule has 0 atom stereocenters. The molecule has 0 spiro atoms. The average molecular weight is 516 g/mol. The van der Waals surface area contributed by atoms with Crippen LogP contribution in [0.15, 0.2) is 18.2 Å². The fourth-order valence-electron chi connectivity index (χ4n) is 3.16. The van der Waals surface area contributed by atoms with Crippen molar-refractivity contribution in [3.63, 3.8) is 0 Å². The summed E-state index contributed by atoms with van der Waals surface area (Å²) in [5.41, 5.74) is -0.483. The number of nitrogens with zero attached hydrogens (tertiary/aromatic N) is 2. The molecule has 36 heavy (non-hydrogen) atoms. The molecule has 1 rings (SSSR count). The van der Waals surface area contributed by atoms with Crippen molar-refractivity contribution in [3.05, 3.63) is 38.4 Å². The predicted molar refractivity (Wildman–Crippen MR) is 136 cm³/mol. The van der Waals surface area contributed by atoms with Crippen LogP contribution >= 0.6 is 0 Å². The van der Waals surface area contributed by atoms with Gasteiger partial charge in [-0.3, -0.25) is 20.2 Å². The number of anilines is 1. The molecule has 12 nitrogen and oxygen atoms in total. The lowest BCUT2D eigenvalue weighted by molar-refractivity contribution is -0.393. The van der Waals surface area contributed by atoms with Gasteiger partial charge in [-0.05, 0) is 12.5 Å². The molecule has 206 valence electrons. The van der Waals surface area contributed by atoms with E-state index in [-0.39, 0.29) is 17.1 Å². The van der Waals surface area contributed by atoms with Crippen LogP contribution in [0.2, 0.25) is 0 Å². The normalized spacial score (nSPS) is 11.0. The van der Waals surface area contributed by atoms with Crippen molar-refractivity contribution in [1.29, 1.82) is 0 Å². The van der Waals surface area contributed by atoms with Crippen molar-refractivity contribution >= 4 is 17.1 Å². The first kappa shape index (κ1) is 31.6. The van der Waals surface area contributed by atoms with E-state index in [1.54, 1.807) is 0 Å². The van der Waals surface area contributed by atoms with E-state index in [0.29, 0.717) is 66.0 Å². The minimum atomic E-state index is -0.673. The van der Waals surface area contributed by atoms with Gasteiger partial charge in [-0.25, -0.2) is 0 Å². The Labute approximate surface area is 212 Å². The number of hydrogen-bond acceptors (Lipinski definition) is 10. The summed E-state index contributed by atoms with van der Waals surface area (Å²) in [6, 6.07) is 3.46. The Bertz CT molecular complexity index is 722. The molecule has 0 amide bonds. The molecule has 0 bridgehead atoms. The van der Waals surface area contributed by atoms with Gasteiger partial charge < -0.3 is 29.0 Å². The fourth-order valence-corrected chi connectivity index (χ4v) is 3.16. The van der Waals surface area contributed by atoms with Crippen LogP contribution in [0.5, 0.6) is 0 Å². The molecule has 12 heteroatoms. The van der Waals surface area contributed by atoms with Crippen molar-refractivity contribution < 1.29 is 33.5 Å². The third-order valence-corrected chi connectivity index (χ3v) is 5.08. The summed E-state index contributed by atoms with van der Waals surface area (Å²) >= 11 is 0. The SMILES string of the molecule is CCCCCCCCOCCOCCOCCOCCOCCNc1ccc([N+](=O)[O-])cc1[N+](=O)[O-]. The quantitative estimate of drug-likeness (QED) is 0.113. The van der Waals surface area contributed by atoms with Crippen LogP contribution in [0, 0.1) is 20.2 Å². The summed E-state index contributed by atoms with van der Waals surface area (Å²) in [4.78, 5) is 20.5. The second-order valence-corrected chi connectivity index (χ2v) is 7.97. The minimum Gasteiger partial charge on any atom is -0.379 e. The summed E-state index contributed by atoms with van der Waals surface area (Å²) in [5, 5.41) is 24.7. The summed E-state index contributed by atoms with van der Waals surface area (Å²) in [6.45, 7) is 7.49. The summed E-state index contributed by atoms with van der Waals surface area (Å²) in [7, 11) is 0. The molecule has 0 aliphatic carbocycles. The van der Waals surface area contributed by atoms with Crippen molar-refractivity contribution in [3.8, 4) is 0 Å². The maximum Gasteiger partial charge on any atom is 0.299 e. The molecule has 0 fully saturated rings. The first-order valence-corrected chi connectivity index (χ1v) is 12.6. The highest BCUT2D eigenvalue weighted by Gasteiger charge is 2.18. The minimum absolute atomic E-state index is 0.201. The van der Waals surface area contributed by atoms with Gasteiger partial charge >= 0.3 is 0 Å². The van der Waals surface area contributed by atoms with Crippen LogP contribution in [0.25, 0.3) is 0 Å². The maximum atomic E-state index is 11.1. The van der Waals surface area contributed by atoms with E-state index >= 15 is 0 Å². The van der Waals surface area contributed by atoms with Gasteiger partial charge in [0.25, 0.3) is 11.4 Å². The topological polar surface area (TPSA) is 144 Å². The van der Waals surface area contributed by atoms with E-state index in [2.05, 4.69) is 12.2 Å². The Morgan fingerprint density at radius 1 is 0.667 bits per heavy atom. The number of rotatable bonds is 25. The Hall–Kier alpha value is -2.38. The van der Waals surface area contributed by atoms with Gasteiger partial charge in [-0.1, -0.05) is 39.0 Å². The summed E-state index contributed by atoms with van der Waals surface area (Å²) in [6.07, 6.45) is 7.55. The molecular weight excluding hydrogens is 474 g/mol. The highest BCUT2D eigenvalue weighted by atomic mass is 16.6. The largest absolute Gasteiger partial charge is 0.379 e. The molecule has 0 saturated heterocycles. The van der Waals surface area contributed by atoms with Gasteiger partial charge in [0.1, 0.15) is 5.69 Å². The van der Waals surface area contributed by atoms with Gasteiger partial charge in [0.15, 0.2) is 0 Å². The summed E-state index contributed by atoms with van der Waals surface area (Å²) in [5.74, 6) is 0. The van der Waals surface area contributed by atoms with Crippen LogP contribution in [-0.4, -0.2) is 82.5 Å². The average Bonchev–Trinajstić information content (AvgIpc) is 2.87. The molecule has 0 saturated carbocycles. The van der Waals surface area contributed by atoms with E-state index in [0.717, 1.165) is 19.1 Å². The van der Waals surface area contributed by atoms with E-state index in [1.165, 1.54) is 44.2 Å². The van der Waals surface area contributed by atoms with Crippen LogP contribution in [0.3, 0.4) is 0 Å². The third kappa shape index (κ3) is 16.3. The van der Waals surface area contributed by atoms with Crippen molar-refractivity contribution in [2.75, 3.05) is 77.9 Å². The molecule has 1 N–H and O–H groups in total. The van der Waals surface area contributed by atoms with E-state index < -0.39 is 9.85 Å². The number of hydrogen-bond donors (Lipinski definition) is 1. The molecule has 0 aliphatic heterocycles. The standard InChI is InChI=1S/C24H41N3O9/c1-2-3-4-5-6-7-11-32-13-15-34-17-19-36-20-18-35-16-14-33-12-10-25-23-9-8-22(26(28)29)21-24(23)27(30)31/h8-9,21,25H,2-7,10-20H2,1H3. The molecule has 1 aromatic rings. The van der Waals surface area contributed by atoms with Crippen LogP contribution in [0.1, 0.15) is 45.4 Å². The lowest BCUT2D eigenvalue weighted by atomic mass is 10.1. The second-order valence-electron chi connectivity index (χ2n) is 7.97. The van der Waals surface area contributed by atoms with Crippen molar-refractivity contribution in [2.45, 2.75) is 45.4 Å². The smallest absolute Gasteiger partial charge is 0.299 e. The first-order chi connectivity index (χ1) is 17.6. The van der Waals surface area contributed by atoms with Crippen LogP contribution in [0.4, 0.5) is 17.1 Å². The third-order valence-electron chi connectivity index (χ3n) is 5.08. The molecule has 1 aromatic carbocycles. The monoisotopic (exact) mass is 515 g/mol. The number of nitro groups is 2. The number of nitro benzene ring substituents is 2. The molecular formula is C24H41N3O9. The maximum absolute atomic E-state index is 11.1. The Morgan fingerprint density at radius 2 is 1.17 bits per heavy atom. The Morgan fingerprint density at radius 3 is 1.69 bits per heavy atom. The number of unbranched alkanes of at least 4 members (excludes halogenated alkanes) is 5. The number of non-ortho nitro benzene ring substituents is 1. The van der Waals surface area contributed by atoms with Gasteiger partial charge in [-0.2, -0.15) is 0 Å². The molecule has 0 aromatic heterocycles. The number of benzene rings is 1. The first-order valence-electron chi connectivity index (χ1n) is 12.6. The zero-order chi connectivity index (χ0) is 26.3. The van der Waals surface area contributed by atoms with E-state index in [1.807, 2.05) is 0 Å². The fraction of sp³-hybridized carbons (Fsp3) is 0.750. The Kier molecular flexibility index (Phi) is 19.2. The lowest BCUT2D eigenvalue weighted by Gasteiger charge is -2.09. The zero-order valence-electron chi connectivity index (χ0n) is 21.3. The highest BCUT2D eigenvalue weighted by Crippen LogP contribution is 2.28. The van der Waals surface area contributed by atoms with Gasteiger partial charge in [-0.15, -0.1) is 0 Å². The van der Waals surface area contributed by atoms with Gasteiger partial charge in [0, 0.05) is 19.2 Å². The molecule has 0 heterocycles. The highest BCUT2D eigenvalue weighted by molar-refractivity contribution is 5.65. The van der Waals surface area contributed by atoms with Crippen molar-refractivity contribution in [2.24, 2.45) is 0 Å². The van der Waals surface area contributed by atoms with E-state index in [4.69, 9.17) is 23.7 Å². The van der Waals surface area contributed by atoms with Gasteiger partial charge in [0.2, 0.25) is 0 Å². The molecule has 0 radical (unpaired) electrons. The van der Waals surface area contributed by atoms with E-state index in [9.17, 15) is 20.2 Å². The zero-order valence-corrected chi connectivity index (χ0v) is 21.3. The van der Waals surface area contributed by atoms with Crippen LogP contribution < -0.4 is 5.32 Å². The van der Waals surface area contributed by atoms with Crippen molar-refractivity contribution in [1.82, 2.24) is 0 Å². The predicted octanol–water partition coefficient (Wildman–Crippen LogP) is 4.36. The Balaban J connectivity index is 1.86. The molecule has 0 aliphatic rings. The molecule has 0 unspecified atom stereocenters. The number of nitrogens with one attached hydrogen (secondary N) is 1. The lowest BCUT2D eigenvalue weighted by Crippen LogP contribution is -2.15. The van der Waals surface area contributed by atoms with Crippen LogP contribution in [-0.2, 0) is 23.7 Å². The van der Waals surface area contributed by atoms with Gasteiger partial charge in [0.05, 0.1) is 75.4 Å². The summed E-state index contributed by atoms with van der Waals surface area (Å²) < 4.78 is 27.3. The number of ether oxygens (including phenoxy) is 5. The second kappa shape index (κ2) is 21.9.